The summed E-state index contributed by atoms with van der Waals surface area (Å²) in [5.41, 5.74) is 2.57. The molecule has 3 aromatic rings. The molecule has 0 aliphatic heterocycles. The van der Waals surface area contributed by atoms with Crippen LogP contribution in [0.15, 0.2) is 64.6 Å². The summed E-state index contributed by atoms with van der Waals surface area (Å²) in [5.74, 6) is 0. The van der Waals surface area contributed by atoms with E-state index in [0.717, 1.165) is 0 Å². The number of hydrogen-bond donors (Lipinski definition) is 0. The highest BCUT2D eigenvalue weighted by Crippen LogP contribution is 2.28. The van der Waals surface area contributed by atoms with Crippen LogP contribution in [0.25, 0.3) is 0 Å². The van der Waals surface area contributed by atoms with Crippen molar-refractivity contribution in [1.82, 2.24) is 4.98 Å². The summed E-state index contributed by atoms with van der Waals surface area (Å²) < 4.78 is 0. The minimum Gasteiger partial charge on any atom is -0.253 e. The lowest BCUT2D eigenvalue weighted by Gasteiger charge is -2.00. The van der Waals surface area contributed by atoms with Crippen LogP contribution in [-0.2, 0) is 0 Å². The normalized spacial score (nSPS) is 11.5. The molecule has 0 spiro atoms. The van der Waals surface area contributed by atoms with Crippen LogP contribution in [0.5, 0.6) is 0 Å². The van der Waals surface area contributed by atoms with E-state index in [1.54, 1.807) is 48.8 Å². The first-order chi connectivity index (χ1) is 12.5. The van der Waals surface area contributed by atoms with Crippen molar-refractivity contribution in [2.75, 3.05) is 0 Å². The predicted molar refractivity (Wildman–Crippen MR) is 112 cm³/mol. The zero-order valence-corrected chi connectivity index (χ0v) is 16.2. The maximum absolute atomic E-state index is 6.11. The lowest BCUT2D eigenvalue weighted by Crippen LogP contribution is -1.93. The van der Waals surface area contributed by atoms with Gasteiger partial charge >= 0.3 is 0 Å². The van der Waals surface area contributed by atoms with Crippen molar-refractivity contribution >= 4 is 70.2 Å². The average Bonchev–Trinajstić information content (AvgIpc) is 2.61. The first-order valence-corrected chi connectivity index (χ1v) is 8.98. The van der Waals surface area contributed by atoms with Gasteiger partial charge in [0.05, 0.1) is 45.2 Å². The summed E-state index contributed by atoms with van der Waals surface area (Å²) in [5, 5.41) is 2.07. The fourth-order valence-electron chi connectivity index (χ4n) is 2.06. The van der Waals surface area contributed by atoms with Gasteiger partial charge in [0.15, 0.2) is 0 Å². The van der Waals surface area contributed by atoms with Gasteiger partial charge in [-0.3, -0.25) is 9.98 Å². The number of hydrogen-bond acceptors (Lipinski definition) is 3. The maximum Gasteiger partial charge on any atom is 0.0820 e. The van der Waals surface area contributed by atoms with Crippen LogP contribution in [-0.4, -0.2) is 17.4 Å². The predicted octanol–water partition coefficient (Wildman–Crippen LogP) is 7.20. The Kier molecular flexibility index (Phi) is 6.28. The topological polar surface area (TPSA) is 37.6 Å². The zero-order chi connectivity index (χ0) is 18.5. The SMILES string of the molecule is Clc1ccc(N=Cc2cccc(C=Nc3ccc(Cl)cc3Cl)n2)c(Cl)c1. The molecule has 1 heterocycles. The van der Waals surface area contributed by atoms with E-state index in [-0.39, 0.29) is 0 Å². The Morgan fingerprint density at radius 2 is 1.12 bits per heavy atom. The lowest BCUT2D eigenvalue weighted by molar-refractivity contribution is 1.27. The van der Waals surface area contributed by atoms with E-state index < -0.39 is 0 Å². The number of nitrogens with zero attached hydrogens (tertiary/aromatic N) is 3. The summed E-state index contributed by atoms with van der Waals surface area (Å²) in [7, 11) is 0. The van der Waals surface area contributed by atoms with Gasteiger partial charge in [0.2, 0.25) is 0 Å². The van der Waals surface area contributed by atoms with Gasteiger partial charge in [0, 0.05) is 10.0 Å². The van der Waals surface area contributed by atoms with Gasteiger partial charge in [-0.1, -0.05) is 52.5 Å². The van der Waals surface area contributed by atoms with Crippen molar-refractivity contribution in [1.29, 1.82) is 0 Å². The fraction of sp³-hybridized carbons (Fsp3) is 0. The number of aliphatic imine (C=N–C) groups is 2. The molecule has 0 saturated heterocycles. The van der Waals surface area contributed by atoms with Gasteiger partial charge in [-0.15, -0.1) is 0 Å². The van der Waals surface area contributed by atoms with Crippen LogP contribution in [0.3, 0.4) is 0 Å². The second-order valence-electron chi connectivity index (χ2n) is 5.20. The van der Waals surface area contributed by atoms with Crippen LogP contribution in [0.2, 0.25) is 20.1 Å². The summed E-state index contributed by atoms with van der Waals surface area (Å²) in [6.45, 7) is 0. The van der Waals surface area contributed by atoms with Crippen molar-refractivity contribution < 1.29 is 0 Å². The van der Waals surface area contributed by atoms with Crippen LogP contribution in [0.4, 0.5) is 11.4 Å². The molecule has 0 radical (unpaired) electrons. The van der Waals surface area contributed by atoms with E-state index in [4.69, 9.17) is 46.4 Å². The monoisotopic (exact) mass is 421 g/mol. The molecule has 1 aromatic heterocycles. The van der Waals surface area contributed by atoms with Crippen molar-refractivity contribution in [3.05, 3.63) is 86.1 Å². The van der Waals surface area contributed by atoms with Crippen LogP contribution in [0, 0.1) is 0 Å². The first kappa shape index (κ1) is 18.9. The number of pyridine rings is 1. The zero-order valence-electron chi connectivity index (χ0n) is 13.2. The highest BCUT2D eigenvalue weighted by atomic mass is 35.5. The van der Waals surface area contributed by atoms with Crippen molar-refractivity contribution in [2.24, 2.45) is 9.98 Å². The molecule has 7 heteroatoms. The maximum atomic E-state index is 6.11. The Hall–Kier alpha value is -1.91. The van der Waals surface area contributed by atoms with Crippen molar-refractivity contribution in [2.45, 2.75) is 0 Å². The molecule has 0 fully saturated rings. The summed E-state index contributed by atoms with van der Waals surface area (Å²) in [6.07, 6.45) is 3.25. The molecule has 0 bridgehead atoms. The Bertz CT molecular complexity index is 923. The van der Waals surface area contributed by atoms with E-state index in [9.17, 15) is 0 Å². The molecule has 0 aliphatic rings. The minimum absolute atomic E-state index is 0.476. The average molecular weight is 423 g/mol. The third-order valence-electron chi connectivity index (χ3n) is 3.28. The number of benzene rings is 2. The van der Waals surface area contributed by atoms with E-state index in [1.165, 1.54) is 0 Å². The molecule has 0 aliphatic carbocycles. The third kappa shape index (κ3) is 5.05. The molecule has 130 valence electrons. The van der Waals surface area contributed by atoms with Gasteiger partial charge in [-0.2, -0.15) is 0 Å². The standard InChI is InChI=1S/C19H11Cl4N3/c20-12-4-6-18(16(22)8-12)24-10-14-2-1-3-15(26-14)11-25-19-7-5-13(21)9-17(19)23/h1-11H. The second kappa shape index (κ2) is 8.65. The molecule has 0 atom stereocenters. The minimum atomic E-state index is 0.476. The van der Waals surface area contributed by atoms with E-state index in [2.05, 4.69) is 15.0 Å². The van der Waals surface area contributed by atoms with E-state index in [1.807, 2.05) is 18.2 Å². The molecule has 26 heavy (non-hydrogen) atoms. The molecule has 2 aromatic carbocycles. The van der Waals surface area contributed by atoms with Crippen LogP contribution < -0.4 is 0 Å². The molecule has 3 rings (SSSR count). The molecular weight excluding hydrogens is 412 g/mol. The largest absolute Gasteiger partial charge is 0.253 e. The van der Waals surface area contributed by atoms with Gasteiger partial charge in [0.25, 0.3) is 0 Å². The quantitative estimate of drug-likeness (QED) is 0.409. The molecule has 0 N–H and O–H groups in total. The van der Waals surface area contributed by atoms with E-state index >= 15 is 0 Å². The highest BCUT2D eigenvalue weighted by molar-refractivity contribution is 6.36. The summed E-state index contributed by atoms with van der Waals surface area (Å²) in [6, 6.07) is 15.8. The van der Waals surface area contributed by atoms with Crippen LogP contribution in [0.1, 0.15) is 11.4 Å². The molecular formula is C19H11Cl4N3. The van der Waals surface area contributed by atoms with Gasteiger partial charge in [-0.25, -0.2) is 4.98 Å². The van der Waals surface area contributed by atoms with E-state index in [0.29, 0.717) is 42.9 Å². The summed E-state index contributed by atoms with van der Waals surface area (Å²) >= 11 is 24.0. The number of aromatic nitrogens is 1. The Labute approximate surface area is 170 Å². The number of rotatable bonds is 4. The molecule has 3 nitrogen and oxygen atoms in total. The summed E-state index contributed by atoms with van der Waals surface area (Å²) in [4.78, 5) is 13.1. The lowest BCUT2D eigenvalue weighted by atomic mass is 10.3. The Morgan fingerprint density at radius 1 is 0.654 bits per heavy atom. The third-order valence-corrected chi connectivity index (χ3v) is 4.36. The fourth-order valence-corrected chi connectivity index (χ4v) is 2.97. The first-order valence-electron chi connectivity index (χ1n) is 7.46. The van der Waals surface area contributed by atoms with Gasteiger partial charge in [0.1, 0.15) is 0 Å². The Balaban J connectivity index is 1.79. The van der Waals surface area contributed by atoms with Gasteiger partial charge in [-0.05, 0) is 48.5 Å². The molecule has 0 unspecified atom stereocenters. The van der Waals surface area contributed by atoms with Gasteiger partial charge < -0.3 is 0 Å². The van der Waals surface area contributed by atoms with Crippen molar-refractivity contribution in [3.8, 4) is 0 Å². The van der Waals surface area contributed by atoms with Crippen LogP contribution >= 0.6 is 46.4 Å². The highest BCUT2D eigenvalue weighted by Gasteiger charge is 2.01. The van der Waals surface area contributed by atoms with Crippen molar-refractivity contribution in [3.63, 3.8) is 0 Å². The second-order valence-corrected chi connectivity index (χ2v) is 6.88. The molecule has 0 amide bonds. The Morgan fingerprint density at radius 3 is 1.54 bits per heavy atom. The smallest absolute Gasteiger partial charge is 0.0820 e. The number of halogens is 4. The molecule has 0 saturated carbocycles.